The average molecular weight is 338 g/mol. The van der Waals surface area contributed by atoms with E-state index >= 15 is 0 Å². The molecule has 5 heteroatoms. The predicted molar refractivity (Wildman–Crippen MR) is 95.0 cm³/mol. The van der Waals surface area contributed by atoms with E-state index in [1.165, 1.54) is 6.07 Å². The van der Waals surface area contributed by atoms with Crippen molar-refractivity contribution in [3.8, 4) is 0 Å². The number of nitrogens with zero attached hydrogens (tertiary/aromatic N) is 1. The lowest BCUT2D eigenvalue weighted by atomic mass is 9.86. The zero-order chi connectivity index (χ0) is 17.6. The lowest BCUT2D eigenvalue weighted by molar-refractivity contribution is -0.142. The fraction of sp³-hybridized carbons (Fsp3) is 0.250. The molecule has 4 nitrogen and oxygen atoms in total. The smallest absolute Gasteiger partial charge is 0.306 e. The maximum Gasteiger partial charge on any atom is 0.306 e. The van der Waals surface area contributed by atoms with Gasteiger partial charge in [0.05, 0.1) is 12.5 Å². The van der Waals surface area contributed by atoms with Crippen molar-refractivity contribution in [2.45, 2.75) is 25.8 Å². The van der Waals surface area contributed by atoms with Gasteiger partial charge in [-0.2, -0.15) is 0 Å². The summed E-state index contributed by atoms with van der Waals surface area (Å²) >= 11 is 0. The Balaban J connectivity index is 1.87. The lowest BCUT2D eigenvalue weighted by Crippen LogP contribution is -2.23. The molecule has 1 aliphatic rings. The number of hydrogen-bond donors (Lipinski definition) is 2. The standard InChI is InChI=1S/C20H19FN2O2/c21-17-4-2-1-3-13(17)11-23-18-7-5-12(20(24)25)9-15(18)16-10-14(22)6-8-19(16)23/h1-4,6,8,10,12H,5,7,9,11,22H2,(H,24,25). The topological polar surface area (TPSA) is 68.2 Å². The minimum absolute atomic E-state index is 0.229. The van der Waals surface area contributed by atoms with E-state index in [9.17, 15) is 14.3 Å². The Morgan fingerprint density at radius 3 is 2.84 bits per heavy atom. The summed E-state index contributed by atoms with van der Waals surface area (Å²) in [4.78, 5) is 11.4. The molecular weight excluding hydrogens is 319 g/mol. The van der Waals surface area contributed by atoms with E-state index in [0.29, 0.717) is 37.1 Å². The van der Waals surface area contributed by atoms with E-state index in [-0.39, 0.29) is 11.7 Å². The number of anilines is 1. The molecule has 128 valence electrons. The highest BCUT2D eigenvalue weighted by atomic mass is 19.1. The number of fused-ring (bicyclic) bond motifs is 3. The van der Waals surface area contributed by atoms with E-state index in [4.69, 9.17) is 5.73 Å². The third-order valence-electron chi connectivity index (χ3n) is 5.13. The molecule has 0 amide bonds. The first-order valence-electron chi connectivity index (χ1n) is 8.40. The number of nitrogen functional groups attached to an aromatic ring is 1. The van der Waals surface area contributed by atoms with Gasteiger partial charge in [-0.1, -0.05) is 18.2 Å². The number of nitrogens with two attached hydrogens (primary N) is 1. The Kier molecular flexibility index (Phi) is 3.71. The molecule has 1 unspecified atom stereocenters. The number of carboxylic acid groups (broad SMARTS) is 1. The minimum atomic E-state index is -0.760. The van der Waals surface area contributed by atoms with Gasteiger partial charge in [0, 0.05) is 27.8 Å². The van der Waals surface area contributed by atoms with Crippen molar-refractivity contribution < 1.29 is 14.3 Å². The number of carboxylic acids is 1. The third kappa shape index (κ3) is 2.65. The van der Waals surface area contributed by atoms with Gasteiger partial charge in [0.25, 0.3) is 0 Å². The van der Waals surface area contributed by atoms with Crippen molar-refractivity contribution in [3.05, 3.63) is 65.1 Å². The second-order valence-electron chi connectivity index (χ2n) is 6.66. The number of aromatic nitrogens is 1. The zero-order valence-electron chi connectivity index (χ0n) is 13.7. The number of carbonyl (C=O) groups is 1. The molecule has 3 N–H and O–H groups in total. The van der Waals surface area contributed by atoms with Gasteiger partial charge in [0.1, 0.15) is 5.82 Å². The van der Waals surface area contributed by atoms with Gasteiger partial charge in [-0.3, -0.25) is 4.79 Å². The summed E-state index contributed by atoms with van der Waals surface area (Å²) in [6.07, 6.45) is 1.77. The number of rotatable bonds is 3. The van der Waals surface area contributed by atoms with E-state index in [2.05, 4.69) is 4.57 Å². The van der Waals surface area contributed by atoms with Gasteiger partial charge in [-0.25, -0.2) is 4.39 Å². The van der Waals surface area contributed by atoms with Crippen molar-refractivity contribution in [2.75, 3.05) is 5.73 Å². The van der Waals surface area contributed by atoms with Crippen LogP contribution in [-0.2, 0) is 24.2 Å². The van der Waals surface area contributed by atoms with E-state index in [0.717, 1.165) is 22.2 Å². The molecule has 0 saturated heterocycles. The van der Waals surface area contributed by atoms with Crippen molar-refractivity contribution in [1.82, 2.24) is 4.57 Å². The summed E-state index contributed by atoms with van der Waals surface area (Å²) in [6.45, 7) is 0.431. The first kappa shape index (κ1) is 15.7. The quantitative estimate of drug-likeness (QED) is 0.717. The van der Waals surface area contributed by atoms with Gasteiger partial charge in [0.2, 0.25) is 0 Å². The van der Waals surface area contributed by atoms with Crippen LogP contribution in [0.2, 0.25) is 0 Å². The largest absolute Gasteiger partial charge is 0.481 e. The van der Waals surface area contributed by atoms with Gasteiger partial charge in [-0.15, -0.1) is 0 Å². The maximum atomic E-state index is 14.1. The third-order valence-corrected chi connectivity index (χ3v) is 5.13. The van der Waals surface area contributed by atoms with E-state index in [1.54, 1.807) is 12.1 Å². The van der Waals surface area contributed by atoms with Gasteiger partial charge in [0.15, 0.2) is 0 Å². The first-order valence-corrected chi connectivity index (χ1v) is 8.40. The Labute approximate surface area is 144 Å². The summed E-state index contributed by atoms with van der Waals surface area (Å²) < 4.78 is 16.2. The van der Waals surface area contributed by atoms with Crippen molar-refractivity contribution in [3.63, 3.8) is 0 Å². The molecule has 1 aliphatic carbocycles. The van der Waals surface area contributed by atoms with Crippen molar-refractivity contribution in [1.29, 1.82) is 0 Å². The molecule has 0 fully saturated rings. The van der Waals surface area contributed by atoms with Crippen LogP contribution in [0.1, 0.15) is 23.2 Å². The van der Waals surface area contributed by atoms with E-state index < -0.39 is 5.97 Å². The highest BCUT2D eigenvalue weighted by molar-refractivity contribution is 5.89. The molecule has 0 spiro atoms. The second-order valence-corrected chi connectivity index (χ2v) is 6.66. The molecule has 1 atom stereocenters. The zero-order valence-corrected chi connectivity index (χ0v) is 13.7. The van der Waals surface area contributed by atoms with Crippen molar-refractivity contribution in [2.24, 2.45) is 5.92 Å². The van der Waals surface area contributed by atoms with Gasteiger partial charge < -0.3 is 15.4 Å². The van der Waals surface area contributed by atoms with Gasteiger partial charge >= 0.3 is 5.97 Å². The fourth-order valence-corrected chi connectivity index (χ4v) is 3.86. The lowest BCUT2D eigenvalue weighted by Gasteiger charge is -2.21. The molecule has 0 aliphatic heterocycles. The van der Waals surface area contributed by atoms with Gasteiger partial charge in [-0.05, 0) is 49.1 Å². The van der Waals surface area contributed by atoms with Crippen molar-refractivity contribution >= 4 is 22.6 Å². The normalized spacial score (nSPS) is 16.8. The summed E-state index contributed by atoms with van der Waals surface area (Å²) in [5, 5.41) is 10.4. The molecule has 25 heavy (non-hydrogen) atoms. The monoisotopic (exact) mass is 338 g/mol. The van der Waals surface area contributed by atoms with Crippen LogP contribution in [0.3, 0.4) is 0 Å². The molecular formula is C20H19FN2O2. The first-order chi connectivity index (χ1) is 12.0. The number of benzene rings is 2. The molecule has 0 radical (unpaired) electrons. The molecule has 4 rings (SSSR count). The van der Waals surface area contributed by atoms with Crippen LogP contribution >= 0.6 is 0 Å². The molecule has 0 bridgehead atoms. The number of halogens is 1. The highest BCUT2D eigenvalue weighted by Crippen LogP contribution is 2.36. The molecule has 1 heterocycles. The summed E-state index contributed by atoms with van der Waals surface area (Å²) in [5.74, 6) is -1.36. The number of hydrogen-bond acceptors (Lipinski definition) is 2. The summed E-state index contributed by atoms with van der Waals surface area (Å²) in [6, 6.07) is 12.4. The Morgan fingerprint density at radius 2 is 2.08 bits per heavy atom. The Hall–Kier alpha value is -2.82. The highest BCUT2D eigenvalue weighted by Gasteiger charge is 2.29. The van der Waals surface area contributed by atoms with Crippen LogP contribution in [0, 0.1) is 11.7 Å². The predicted octanol–water partition coefficient (Wildman–Crippen LogP) is 3.60. The Morgan fingerprint density at radius 1 is 1.28 bits per heavy atom. The van der Waals surface area contributed by atoms with Crippen LogP contribution in [-0.4, -0.2) is 15.6 Å². The molecule has 0 saturated carbocycles. The van der Waals surface area contributed by atoms with Crippen LogP contribution in [0.15, 0.2) is 42.5 Å². The maximum absolute atomic E-state index is 14.1. The van der Waals surface area contributed by atoms with E-state index in [1.807, 2.05) is 24.3 Å². The fourth-order valence-electron chi connectivity index (χ4n) is 3.86. The Bertz CT molecular complexity index is 977. The molecule has 2 aromatic carbocycles. The van der Waals surface area contributed by atoms with Crippen LogP contribution in [0.5, 0.6) is 0 Å². The second kappa shape index (κ2) is 5.92. The van der Waals surface area contributed by atoms with Crippen LogP contribution in [0.25, 0.3) is 10.9 Å². The summed E-state index contributed by atoms with van der Waals surface area (Å²) in [5.41, 5.74) is 10.3. The minimum Gasteiger partial charge on any atom is -0.481 e. The molecule has 1 aromatic heterocycles. The van der Waals surface area contributed by atoms with Crippen LogP contribution in [0.4, 0.5) is 10.1 Å². The molecule has 3 aromatic rings. The SMILES string of the molecule is Nc1ccc2c(c1)c1c(n2Cc2ccccc2F)CCC(C(=O)O)C1. The average Bonchev–Trinajstić information content (AvgIpc) is 2.89. The summed E-state index contributed by atoms with van der Waals surface area (Å²) in [7, 11) is 0. The van der Waals surface area contributed by atoms with Crippen LogP contribution < -0.4 is 5.73 Å². The number of aliphatic carboxylic acids is 1.